The monoisotopic (exact) mass is 249 g/mol. The first-order chi connectivity index (χ1) is 8.70. The molecule has 2 N–H and O–H groups in total. The minimum atomic E-state index is -0.105. The second-order valence-corrected chi connectivity index (χ2v) is 4.48. The van der Waals surface area contributed by atoms with Gasteiger partial charge in [0.2, 0.25) is 0 Å². The van der Waals surface area contributed by atoms with Crippen molar-refractivity contribution in [2.45, 2.75) is 19.8 Å². The zero-order valence-electron chi connectivity index (χ0n) is 10.6. The van der Waals surface area contributed by atoms with Crippen molar-refractivity contribution < 1.29 is 9.53 Å². The van der Waals surface area contributed by atoms with E-state index in [1.165, 1.54) is 0 Å². The average Bonchev–Trinajstić information content (AvgIpc) is 2.39. The Bertz CT molecular complexity index is 422. The maximum absolute atomic E-state index is 11.7. The number of hydrogen-bond acceptors (Lipinski definition) is 5. The molecule has 1 atom stereocenters. The Morgan fingerprint density at radius 2 is 2.50 bits per heavy atom. The summed E-state index contributed by atoms with van der Waals surface area (Å²) in [5.74, 6) is 0.678. The molecule has 1 aliphatic rings. The number of pyridine rings is 1. The number of nitrogens with two attached hydrogens (primary N) is 1. The van der Waals surface area contributed by atoms with Gasteiger partial charge in [-0.1, -0.05) is 0 Å². The molecule has 0 amide bonds. The van der Waals surface area contributed by atoms with Gasteiger partial charge in [-0.25, -0.2) is 4.98 Å². The van der Waals surface area contributed by atoms with E-state index in [-0.39, 0.29) is 11.9 Å². The summed E-state index contributed by atoms with van der Waals surface area (Å²) in [6.45, 7) is 3.84. The first kappa shape index (κ1) is 12.7. The third kappa shape index (κ3) is 2.91. The van der Waals surface area contributed by atoms with Crippen LogP contribution in [0, 0.1) is 5.92 Å². The van der Waals surface area contributed by atoms with Crippen LogP contribution in [-0.2, 0) is 9.53 Å². The number of nitrogen functional groups attached to an aromatic ring is 1. The summed E-state index contributed by atoms with van der Waals surface area (Å²) in [6, 6.07) is 3.60. The number of carbonyl (C=O) groups excluding carboxylic acids is 1. The smallest absolute Gasteiger partial charge is 0.310 e. The van der Waals surface area contributed by atoms with Crippen molar-refractivity contribution in [2.24, 2.45) is 5.92 Å². The van der Waals surface area contributed by atoms with E-state index < -0.39 is 0 Å². The molecule has 1 aromatic heterocycles. The zero-order valence-corrected chi connectivity index (χ0v) is 10.6. The first-order valence-corrected chi connectivity index (χ1v) is 6.34. The molecule has 1 aromatic rings. The number of piperidine rings is 1. The Balaban J connectivity index is 2.04. The second-order valence-electron chi connectivity index (χ2n) is 4.48. The minimum Gasteiger partial charge on any atom is -0.466 e. The lowest BCUT2D eigenvalue weighted by atomic mass is 9.98. The largest absolute Gasteiger partial charge is 0.466 e. The summed E-state index contributed by atoms with van der Waals surface area (Å²) in [6.07, 6.45) is 3.55. The van der Waals surface area contributed by atoms with Gasteiger partial charge in [0.15, 0.2) is 0 Å². The molecular formula is C13H19N3O2. The standard InChI is InChI=1S/C13H19N3O2/c1-2-18-13(17)10-4-3-7-16(9-10)12-8-11(14)5-6-15-12/h5-6,8,10H,2-4,7,9H2,1H3,(H2,14,15). The van der Waals surface area contributed by atoms with E-state index in [0.717, 1.165) is 25.2 Å². The highest BCUT2D eigenvalue weighted by Gasteiger charge is 2.27. The highest BCUT2D eigenvalue weighted by Crippen LogP contribution is 2.23. The van der Waals surface area contributed by atoms with Crippen molar-refractivity contribution >= 4 is 17.5 Å². The number of carbonyl (C=O) groups is 1. The summed E-state index contributed by atoms with van der Waals surface area (Å²) in [5.41, 5.74) is 6.44. The van der Waals surface area contributed by atoms with Crippen molar-refractivity contribution in [1.82, 2.24) is 4.98 Å². The molecule has 0 radical (unpaired) electrons. The van der Waals surface area contributed by atoms with E-state index in [4.69, 9.17) is 10.5 Å². The number of esters is 1. The summed E-state index contributed by atoms with van der Waals surface area (Å²) >= 11 is 0. The number of hydrogen-bond donors (Lipinski definition) is 1. The summed E-state index contributed by atoms with van der Waals surface area (Å²) in [7, 11) is 0. The molecule has 2 heterocycles. The Kier molecular flexibility index (Phi) is 4.02. The molecule has 98 valence electrons. The van der Waals surface area contributed by atoms with Gasteiger partial charge in [-0.3, -0.25) is 4.79 Å². The minimum absolute atomic E-state index is 0.0538. The summed E-state index contributed by atoms with van der Waals surface area (Å²) in [4.78, 5) is 18.1. The van der Waals surface area contributed by atoms with Gasteiger partial charge < -0.3 is 15.4 Å². The molecule has 5 heteroatoms. The highest BCUT2D eigenvalue weighted by molar-refractivity contribution is 5.73. The molecule has 0 spiro atoms. The normalized spacial score (nSPS) is 19.6. The van der Waals surface area contributed by atoms with Gasteiger partial charge in [0.1, 0.15) is 5.82 Å². The Morgan fingerprint density at radius 3 is 3.22 bits per heavy atom. The van der Waals surface area contributed by atoms with Crippen molar-refractivity contribution in [1.29, 1.82) is 0 Å². The third-order valence-electron chi connectivity index (χ3n) is 3.13. The molecule has 1 fully saturated rings. The van der Waals surface area contributed by atoms with Crippen LogP contribution >= 0.6 is 0 Å². The van der Waals surface area contributed by atoms with Gasteiger partial charge >= 0.3 is 5.97 Å². The van der Waals surface area contributed by atoms with Crippen LogP contribution in [0.3, 0.4) is 0 Å². The van der Waals surface area contributed by atoms with Crippen LogP contribution in [0.4, 0.5) is 11.5 Å². The number of rotatable bonds is 3. The molecule has 1 unspecified atom stereocenters. The fourth-order valence-electron chi connectivity index (χ4n) is 2.24. The van der Waals surface area contributed by atoms with Gasteiger partial charge in [0, 0.05) is 31.0 Å². The lowest BCUT2D eigenvalue weighted by molar-refractivity contribution is -0.148. The van der Waals surface area contributed by atoms with E-state index in [1.54, 1.807) is 12.3 Å². The van der Waals surface area contributed by atoms with E-state index in [9.17, 15) is 4.79 Å². The first-order valence-electron chi connectivity index (χ1n) is 6.34. The number of anilines is 2. The van der Waals surface area contributed by atoms with Crippen LogP contribution < -0.4 is 10.6 Å². The van der Waals surface area contributed by atoms with Gasteiger partial charge in [-0.05, 0) is 25.8 Å². The van der Waals surface area contributed by atoms with Crippen LogP contribution in [-0.4, -0.2) is 30.6 Å². The van der Waals surface area contributed by atoms with E-state index >= 15 is 0 Å². The molecule has 5 nitrogen and oxygen atoms in total. The van der Waals surface area contributed by atoms with Crippen molar-refractivity contribution in [3.05, 3.63) is 18.3 Å². The van der Waals surface area contributed by atoms with Crippen LogP contribution in [0.2, 0.25) is 0 Å². The molecule has 1 aliphatic heterocycles. The summed E-state index contributed by atoms with van der Waals surface area (Å²) in [5, 5.41) is 0. The number of aromatic nitrogens is 1. The predicted octanol–water partition coefficient (Wildman–Crippen LogP) is 1.44. The highest BCUT2D eigenvalue weighted by atomic mass is 16.5. The fraction of sp³-hybridized carbons (Fsp3) is 0.538. The topological polar surface area (TPSA) is 68.5 Å². The number of ether oxygens (including phenoxy) is 1. The summed E-state index contributed by atoms with van der Waals surface area (Å²) < 4.78 is 5.08. The third-order valence-corrected chi connectivity index (χ3v) is 3.13. The quantitative estimate of drug-likeness (QED) is 0.821. The average molecular weight is 249 g/mol. The lowest BCUT2D eigenvalue weighted by Gasteiger charge is -2.32. The Morgan fingerprint density at radius 1 is 1.67 bits per heavy atom. The zero-order chi connectivity index (χ0) is 13.0. The van der Waals surface area contributed by atoms with Crippen LogP contribution in [0.5, 0.6) is 0 Å². The SMILES string of the molecule is CCOC(=O)C1CCCN(c2cc(N)ccn2)C1. The molecule has 0 aromatic carbocycles. The number of nitrogens with zero attached hydrogens (tertiary/aromatic N) is 2. The van der Waals surface area contributed by atoms with E-state index in [2.05, 4.69) is 9.88 Å². The fourth-order valence-corrected chi connectivity index (χ4v) is 2.24. The van der Waals surface area contributed by atoms with E-state index in [1.807, 2.05) is 13.0 Å². The van der Waals surface area contributed by atoms with E-state index in [0.29, 0.717) is 18.8 Å². The maximum atomic E-state index is 11.7. The van der Waals surface area contributed by atoms with Crippen molar-refractivity contribution in [2.75, 3.05) is 30.3 Å². The molecule has 2 rings (SSSR count). The molecule has 0 aliphatic carbocycles. The molecule has 0 bridgehead atoms. The molecular weight excluding hydrogens is 230 g/mol. The Hall–Kier alpha value is -1.78. The maximum Gasteiger partial charge on any atom is 0.310 e. The van der Waals surface area contributed by atoms with Gasteiger partial charge in [-0.2, -0.15) is 0 Å². The molecule has 1 saturated heterocycles. The van der Waals surface area contributed by atoms with Crippen molar-refractivity contribution in [3.63, 3.8) is 0 Å². The predicted molar refractivity (Wildman–Crippen MR) is 70.2 cm³/mol. The van der Waals surface area contributed by atoms with Crippen LogP contribution in [0.15, 0.2) is 18.3 Å². The Labute approximate surface area is 107 Å². The molecule has 18 heavy (non-hydrogen) atoms. The van der Waals surface area contributed by atoms with Gasteiger partial charge in [0.05, 0.1) is 12.5 Å². The van der Waals surface area contributed by atoms with Gasteiger partial charge in [-0.15, -0.1) is 0 Å². The second kappa shape index (κ2) is 5.71. The van der Waals surface area contributed by atoms with Crippen molar-refractivity contribution in [3.8, 4) is 0 Å². The van der Waals surface area contributed by atoms with Crippen LogP contribution in [0.1, 0.15) is 19.8 Å². The van der Waals surface area contributed by atoms with Gasteiger partial charge in [0.25, 0.3) is 0 Å². The molecule has 0 saturated carbocycles. The lowest BCUT2D eigenvalue weighted by Crippen LogP contribution is -2.39. The van der Waals surface area contributed by atoms with Crippen LogP contribution in [0.25, 0.3) is 0 Å².